The number of amides is 7. The van der Waals surface area contributed by atoms with Gasteiger partial charge in [-0.2, -0.15) is 25.3 Å². The maximum Gasteiger partial charge on any atom is 0.245 e. The Bertz CT molecular complexity index is 3050. The van der Waals surface area contributed by atoms with Gasteiger partial charge in [0.2, 0.25) is 47.1 Å². The summed E-state index contributed by atoms with van der Waals surface area (Å²) in [7, 11) is 0. The van der Waals surface area contributed by atoms with Gasteiger partial charge >= 0.3 is 0 Å². The van der Waals surface area contributed by atoms with Gasteiger partial charge in [0.15, 0.2) is 6.29 Å². The molecule has 0 spiro atoms. The molecule has 0 saturated carbocycles. The Balaban J connectivity index is 1.23. The third-order valence-electron chi connectivity index (χ3n) is 16.0. The summed E-state index contributed by atoms with van der Waals surface area (Å²) in [4.78, 5) is 103. The number of aliphatic hydroxyl groups is 10. The summed E-state index contributed by atoms with van der Waals surface area (Å²) < 4.78 is 16.5. The van der Waals surface area contributed by atoms with Crippen LogP contribution >= 0.6 is 25.3 Å². The van der Waals surface area contributed by atoms with Gasteiger partial charge in [-0.1, -0.05) is 78.9 Å². The van der Waals surface area contributed by atoms with Crippen molar-refractivity contribution >= 4 is 77.5 Å². The molecule has 7 amide bonds. The Morgan fingerprint density at radius 1 is 0.634 bits per heavy atom. The highest BCUT2D eigenvalue weighted by Gasteiger charge is 2.53. The predicted molar refractivity (Wildman–Crippen MR) is 340 cm³/mol. The quantitative estimate of drug-likeness (QED) is 0.0151. The van der Waals surface area contributed by atoms with Gasteiger partial charge in [0.25, 0.3) is 0 Å². The van der Waals surface area contributed by atoms with Crippen LogP contribution in [-0.4, -0.2) is 257 Å². The van der Waals surface area contributed by atoms with E-state index in [2.05, 4.69) is 72.8 Å². The number of rotatable bonds is 35. The van der Waals surface area contributed by atoms with Crippen LogP contribution in [0.25, 0.3) is 10.9 Å². The molecule has 4 aromatic rings. The van der Waals surface area contributed by atoms with E-state index in [0.29, 0.717) is 34.0 Å². The SMILES string of the molecule is C[C@@H](O)[C@H](NC(=O)[C@@H](CCCCN)NC(=O)[C@@H](Cc1c[nH]c2ccccc12)NC(=O)[C@@H](Cc1ccccc1)NC(=O)[C@H](CS)NC(=O)[C@H](Cc1ccccc1)NC[C@@]1(O)OCC(O)[C@@H](O[C@H]2O[C@H](CO)[C@@H](O)[C@H](O)[C@H]2O)[C@@H]1O)C(=O)N[C@@H](CS)C(=O)N[C@H](CO)[C@@H](C)O. The van der Waals surface area contributed by atoms with Gasteiger partial charge in [-0.3, -0.25) is 33.6 Å². The molecule has 0 aliphatic carbocycles. The van der Waals surface area contributed by atoms with Crippen LogP contribution in [0, 0.1) is 0 Å². The number of carbonyl (C=O) groups is 7. The fourth-order valence-corrected chi connectivity index (χ4v) is 11.0. The smallest absolute Gasteiger partial charge is 0.245 e. The molecule has 2 aliphatic rings. The molecule has 2 fully saturated rings. The third-order valence-corrected chi connectivity index (χ3v) is 16.8. The van der Waals surface area contributed by atoms with Crippen molar-refractivity contribution in [2.45, 2.75) is 168 Å². The number of fused-ring (bicyclic) bond motifs is 1. The van der Waals surface area contributed by atoms with E-state index in [9.17, 15) is 84.6 Å². The van der Waals surface area contributed by atoms with Crippen LogP contribution in [0.2, 0.25) is 0 Å². The molecule has 93 heavy (non-hydrogen) atoms. The summed E-state index contributed by atoms with van der Waals surface area (Å²) in [6, 6.07) is 12.7. The van der Waals surface area contributed by atoms with Gasteiger partial charge in [0, 0.05) is 41.4 Å². The molecule has 3 heterocycles. The Morgan fingerprint density at radius 2 is 1.15 bits per heavy atom. The van der Waals surface area contributed by atoms with E-state index in [1.807, 2.05) is 0 Å². The lowest BCUT2D eigenvalue weighted by atomic mass is 9.95. The molecular weight excluding hydrogens is 1260 g/mol. The van der Waals surface area contributed by atoms with E-state index in [0.717, 1.165) is 0 Å². The lowest BCUT2D eigenvalue weighted by Gasteiger charge is -2.47. The first-order valence-electron chi connectivity index (χ1n) is 30.4. The van der Waals surface area contributed by atoms with Crippen LogP contribution < -0.4 is 48.3 Å². The molecule has 514 valence electrons. The highest BCUT2D eigenvalue weighted by Crippen LogP contribution is 2.31. The lowest BCUT2D eigenvalue weighted by molar-refractivity contribution is -0.367. The molecule has 0 bridgehead atoms. The zero-order chi connectivity index (χ0) is 68.1. The van der Waals surface area contributed by atoms with Crippen molar-refractivity contribution in [3.8, 4) is 0 Å². The summed E-state index contributed by atoms with van der Waals surface area (Å²) in [5.41, 5.74) is 8.19. The first-order chi connectivity index (χ1) is 44.4. The number of para-hydroxylation sites is 1. The number of nitrogens with one attached hydrogen (secondary N) is 9. The molecule has 19 atom stereocenters. The molecule has 1 aromatic heterocycles. The van der Waals surface area contributed by atoms with Gasteiger partial charge in [-0.25, -0.2) is 0 Å². The standard InChI is InChI=1S/C61H88N10O20S2/c1-31(74)42(25-72)68-58(86)44(29-93)70-59(87)47(32(2)75)71-53(81)38(19-11-12-20-62)65-56(84)41(23-35-24-63-37-18-10-9-17-36(35)37)67-55(83)40(22-34-15-7-4-8-16-34)66-57(85)43(28-92)69-54(82)39(21-33-13-5-3-6-14-33)64-30-61(88)52(80)51(45(76)27-89-61)91-60-50(79)49(78)48(77)46(26-73)90-60/h3-10,13-18,24,31-32,38-52,60,63-64,72-80,88,92-93H,11-12,19-23,25-30,62H2,1-2H3,(H,65,84)(H,66,85)(H,67,83)(H,68,86)(H,69,82)(H,70,87)(H,71,81)/t31-,32-,38-,39+,40-,41-,42-,43+,44+,45?,46-,47+,48-,49+,50-,51-,52+,60-,61-/m1/s1. The average Bonchev–Trinajstić information content (AvgIpc) is 1.13. The Morgan fingerprint density at radius 3 is 1.72 bits per heavy atom. The van der Waals surface area contributed by atoms with E-state index in [-0.39, 0.29) is 50.2 Å². The first-order valence-corrected chi connectivity index (χ1v) is 31.7. The molecular formula is C61H88N10O20S2. The number of ether oxygens (including phenoxy) is 3. The lowest BCUT2D eigenvalue weighted by Crippen LogP contribution is -2.68. The van der Waals surface area contributed by atoms with Crippen LogP contribution in [-0.2, 0) is 67.0 Å². The largest absolute Gasteiger partial charge is 0.394 e. The van der Waals surface area contributed by atoms with E-state index < -0.39 is 183 Å². The number of aromatic nitrogens is 1. The molecule has 3 aromatic carbocycles. The number of carbonyl (C=O) groups excluding carboxylic acids is 7. The maximum absolute atomic E-state index is 15.0. The summed E-state index contributed by atoms with van der Waals surface area (Å²) in [5.74, 6) is -9.63. The Hall–Kier alpha value is -6.41. The number of aromatic amines is 1. The number of thiol groups is 2. The number of hydrogen-bond acceptors (Lipinski definition) is 24. The van der Waals surface area contributed by atoms with Crippen molar-refractivity contribution in [3.05, 3.63) is 108 Å². The molecule has 1 unspecified atom stereocenters. The van der Waals surface area contributed by atoms with Crippen LogP contribution in [0.4, 0.5) is 0 Å². The van der Waals surface area contributed by atoms with Gasteiger partial charge in [0.05, 0.1) is 50.7 Å². The first kappa shape index (κ1) is 75.6. The number of benzene rings is 3. The minimum absolute atomic E-state index is 0.0593. The summed E-state index contributed by atoms with van der Waals surface area (Å²) in [6.07, 6.45) is -15.4. The Kier molecular flexibility index (Phi) is 29.7. The molecule has 6 rings (SSSR count). The van der Waals surface area contributed by atoms with Crippen molar-refractivity contribution in [1.82, 2.24) is 47.5 Å². The van der Waals surface area contributed by atoms with E-state index >= 15 is 0 Å². The second-order valence-corrected chi connectivity index (χ2v) is 23.8. The average molecular weight is 1350 g/mol. The number of H-pyrrole nitrogens is 1. The van der Waals surface area contributed by atoms with Crippen molar-refractivity contribution in [2.24, 2.45) is 5.73 Å². The fourth-order valence-electron chi connectivity index (χ4n) is 10.5. The fraction of sp³-hybridized carbons (Fsp3) is 0.557. The monoisotopic (exact) mass is 1340 g/mol. The minimum atomic E-state index is -2.64. The van der Waals surface area contributed by atoms with Crippen LogP contribution in [0.15, 0.2) is 91.1 Å². The van der Waals surface area contributed by atoms with Gasteiger partial charge in [-0.15, -0.1) is 0 Å². The van der Waals surface area contributed by atoms with E-state index in [1.165, 1.54) is 13.8 Å². The topological polar surface area (TPSA) is 488 Å². The number of hydrogen-bond donors (Lipinski definition) is 22. The van der Waals surface area contributed by atoms with Crippen LogP contribution in [0.5, 0.6) is 0 Å². The molecule has 2 aliphatic heterocycles. The van der Waals surface area contributed by atoms with Crippen molar-refractivity contribution in [2.75, 3.05) is 44.4 Å². The second kappa shape index (κ2) is 36.5. The summed E-state index contributed by atoms with van der Waals surface area (Å²) in [6.45, 7) is -0.128. The highest BCUT2D eigenvalue weighted by molar-refractivity contribution is 7.80. The number of nitrogens with two attached hydrogens (primary N) is 1. The van der Waals surface area contributed by atoms with Crippen LogP contribution in [0.3, 0.4) is 0 Å². The highest BCUT2D eigenvalue weighted by atomic mass is 32.1. The molecule has 30 nitrogen and oxygen atoms in total. The Labute approximate surface area is 547 Å². The van der Waals surface area contributed by atoms with Crippen molar-refractivity contribution in [3.63, 3.8) is 0 Å². The van der Waals surface area contributed by atoms with Gasteiger partial charge < -0.3 is 119 Å². The number of aliphatic hydroxyl groups excluding tert-OH is 9. The van der Waals surface area contributed by atoms with E-state index in [4.69, 9.17) is 19.9 Å². The maximum atomic E-state index is 15.0. The minimum Gasteiger partial charge on any atom is -0.394 e. The van der Waals surface area contributed by atoms with Crippen molar-refractivity contribution < 1.29 is 98.8 Å². The second-order valence-electron chi connectivity index (χ2n) is 23.1. The molecule has 0 radical (unpaired) electrons. The normalized spacial score (nSPS) is 24.7. The summed E-state index contributed by atoms with van der Waals surface area (Å²) in [5, 5.41) is 127. The summed E-state index contributed by atoms with van der Waals surface area (Å²) >= 11 is 8.56. The van der Waals surface area contributed by atoms with Gasteiger partial charge in [-0.05, 0) is 68.8 Å². The molecule has 2 saturated heterocycles. The van der Waals surface area contributed by atoms with Gasteiger partial charge in [0.1, 0.15) is 79.0 Å². The number of unbranched alkanes of at least 4 members (excludes halogenated alkanes) is 1. The predicted octanol–water partition coefficient (Wildman–Crippen LogP) is -6.08. The van der Waals surface area contributed by atoms with E-state index in [1.54, 1.807) is 91.1 Å². The third kappa shape index (κ3) is 21.0. The zero-order valence-electron chi connectivity index (χ0n) is 51.3. The zero-order valence-corrected chi connectivity index (χ0v) is 53.1. The van der Waals surface area contributed by atoms with Crippen molar-refractivity contribution in [1.29, 1.82) is 0 Å². The molecule has 32 heteroatoms. The van der Waals surface area contributed by atoms with Crippen LogP contribution in [0.1, 0.15) is 49.8 Å². The molecule has 21 N–H and O–H groups in total.